The number of carbonyl (C=O) groups excluding carboxylic acids is 1. The zero-order chi connectivity index (χ0) is 13.0. The second-order valence-corrected chi connectivity index (χ2v) is 5.92. The molecular formula is C14H19BrN2O. The summed E-state index contributed by atoms with van der Waals surface area (Å²) >= 11 is 3.38. The first-order valence-electron chi connectivity index (χ1n) is 6.43. The van der Waals surface area contributed by atoms with Crippen molar-refractivity contribution in [3.05, 3.63) is 28.7 Å². The molecule has 1 amide bonds. The highest BCUT2D eigenvalue weighted by Gasteiger charge is 2.38. The second-order valence-electron chi connectivity index (χ2n) is 5.01. The highest BCUT2D eigenvalue weighted by Crippen LogP contribution is 2.36. The Morgan fingerprint density at radius 3 is 2.39 bits per heavy atom. The van der Waals surface area contributed by atoms with E-state index in [9.17, 15) is 4.79 Å². The van der Waals surface area contributed by atoms with Crippen molar-refractivity contribution in [3.63, 3.8) is 0 Å². The lowest BCUT2D eigenvalue weighted by atomic mass is 9.73. The summed E-state index contributed by atoms with van der Waals surface area (Å²) in [5.41, 5.74) is 6.33. The largest absolute Gasteiger partial charge is 0.329 e. The Hall–Kier alpha value is -0.870. The fraction of sp³-hybridized carbons (Fsp3) is 0.500. The van der Waals surface area contributed by atoms with Crippen LogP contribution in [-0.4, -0.2) is 12.5 Å². The molecule has 0 saturated heterocycles. The molecule has 1 aromatic rings. The molecule has 1 saturated carbocycles. The van der Waals surface area contributed by atoms with Gasteiger partial charge >= 0.3 is 0 Å². The molecule has 2 rings (SSSR count). The molecule has 1 fully saturated rings. The minimum Gasteiger partial charge on any atom is -0.329 e. The summed E-state index contributed by atoms with van der Waals surface area (Å²) in [6.45, 7) is 0.440. The van der Waals surface area contributed by atoms with E-state index in [1.807, 2.05) is 24.3 Å². The third-order valence-electron chi connectivity index (χ3n) is 3.79. The Balaban J connectivity index is 2.07. The number of nitrogens with two attached hydrogens (primary N) is 1. The Morgan fingerprint density at radius 2 is 1.83 bits per heavy atom. The van der Waals surface area contributed by atoms with Crippen LogP contribution in [0.5, 0.6) is 0 Å². The zero-order valence-electron chi connectivity index (χ0n) is 10.4. The van der Waals surface area contributed by atoms with Gasteiger partial charge in [-0.2, -0.15) is 0 Å². The van der Waals surface area contributed by atoms with E-state index >= 15 is 0 Å². The molecule has 1 aliphatic carbocycles. The Bertz CT molecular complexity index is 410. The first-order valence-corrected chi connectivity index (χ1v) is 7.23. The molecule has 0 atom stereocenters. The van der Waals surface area contributed by atoms with Gasteiger partial charge in [-0.25, -0.2) is 0 Å². The van der Waals surface area contributed by atoms with Crippen LogP contribution >= 0.6 is 15.9 Å². The highest BCUT2D eigenvalue weighted by atomic mass is 79.9. The molecule has 0 radical (unpaired) electrons. The fourth-order valence-corrected chi connectivity index (χ4v) is 2.81. The van der Waals surface area contributed by atoms with Crippen LogP contribution in [0.15, 0.2) is 28.7 Å². The molecule has 0 bridgehead atoms. The van der Waals surface area contributed by atoms with Crippen molar-refractivity contribution in [1.82, 2.24) is 0 Å². The molecule has 0 aliphatic heterocycles. The second kappa shape index (κ2) is 5.85. The van der Waals surface area contributed by atoms with Crippen LogP contribution in [0, 0.1) is 5.41 Å². The van der Waals surface area contributed by atoms with E-state index in [2.05, 4.69) is 21.2 Å². The molecule has 1 aromatic carbocycles. The van der Waals surface area contributed by atoms with Crippen LogP contribution in [0.3, 0.4) is 0 Å². The lowest BCUT2D eigenvalue weighted by Crippen LogP contribution is -2.43. The first kappa shape index (κ1) is 13.6. The predicted octanol–water partition coefficient (Wildman–Crippen LogP) is 3.30. The Labute approximate surface area is 116 Å². The average molecular weight is 311 g/mol. The van der Waals surface area contributed by atoms with Gasteiger partial charge in [-0.1, -0.05) is 35.2 Å². The number of benzene rings is 1. The van der Waals surface area contributed by atoms with Crippen molar-refractivity contribution < 1.29 is 4.79 Å². The molecule has 1 aliphatic rings. The lowest BCUT2D eigenvalue weighted by molar-refractivity contribution is -0.126. The molecule has 4 heteroatoms. The van der Waals surface area contributed by atoms with Gasteiger partial charge in [0.25, 0.3) is 0 Å². The molecule has 0 aromatic heterocycles. The normalized spacial score (nSPS) is 18.3. The van der Waals surface area contributed by atoms with Crippen LogP contribution in [-0.2, 0) is 4.79 Å². The first-order chi connectivity index (χ1) is 8.66. The van der Waals surface area contributed by atoms with Crippen molar-refractivity contribution in [2.75, 3.05) is 11.9 Å². The van der Waals surface area contributed by atoms with Gasteiger partial charge < -0.3 is 11.1 Å². The molecule has 18 heavy (non-hydrogen) atoms. The van der Waals surface area contributed by atoms with E-state index in [-0.39, 0.29) is 11.3 Å². The monoisotopic (exact) mass is 310 g/mol. The van der Waals surface area contributed by atoms with Gasteiger partial charge in [0.05, 0.1) is 5.41 Å². The van der Waals surface area contributed by atoms with E-state index in [0.29, 0.717) is 6.54 Å². The lowest BCUT2D eigenvalue weighted by Gasteiger charge is -2.34. The molecule has 3 nitrogen and oxygen atoms in total. The molecule has 98 valence electrons. The van der Waals surface area contributed by atoms with E-state index in [4.69, 9.17) is 5.73 Å². The number of rotatable bonds is 3. The van der Waals surface area contributed by atoms with Crippen molar-refractivity contribution in [3.8, 4) is 0 Å². The topological polar surface area (TPSA) is 55.1 Å². The van der Waals surface area contributed by atoms with Crippen molar-refractivity contribution in [2.24, 2.45) is 11.1 Å². The fourth-order valence-electron chi connectivity index (χ4n) is 2.55. The van der Waals surface area contributed by atoms with Crippen molar-refractivity contribution >= 4 is 27.5 Å². The smallest absolute Gasteiger partial charge is 0.231 e. The van der Waals surface area contributed by atoms with E-state index in [1.165, 1.54) is 6.42 Å². The highest BCUT2D eigenvalue weighted by molar-refractivity contribution is 9.10. The van der Waals surface area contributed by atoms with Gasteiger partial charge in [-0.05, 0) is 37.1 Å². The maximum atomic E-state index is 12.4. The zero-order valence-corrected chi connectivity index (χ0v) is 12.0. The van der Waals surface area contributed by atoms with Crippen LogP contribution in [0.2, 0.25) is 0 Å². The van der Waals surface area contributed by atoms with E-state index in [0.717, 1.165) is 35.8 Å². The number of anilines is 1. The maximum Gasteiger partial charge on any atom is 0.231 e. The summed E-state index contributed by atoms with van der Waals surface area (Å²) in [6.07, 6.45) is 5.24. The minimum atomic E-state index is -0.356. The number of hydrogen-bond donors (Lipinski definition) is 2. The SMILES string of the molecule is NCC1(C(=O)Nc2ccc(Br)cc2)CCCCC1. The summed E-state index contributed by atoms with van der Waals surface area (Å²) in [7, 11) is 0. The molecular weight excluding hydrogens is 292 g/mol. The summed E-state index contributed by atoms with van der Waals surface area (Å²) in [4.78, 5) is 12.4. The van der Waals surface area contributed by atoms with Crippen molar-refractivity contribution in [1.29, 1.82) is 0 Å². The summed E-state index contributed by atoms with van der Waals surface area (Å²) in [6, 6.07) is 7.64. The third kappa shape index (κ3) is 2.93. The number of amides is 1. The number of hydrogen-bond acceptors (Lipinski definition) is 2. The predicted molar refractivity (Wildman–Crippen MR) is 77.3 cm³/mol. The van der Waals surface area contributed by atoms with Crippen LogP contribution in [0.25, 0.3) is 0 Å². The van der Waals surface area contributed by atoms with Gasteiger partial charge in [0.2, 0.25) is 5.91 Å². The van der Waals surface area contributed by atoms with Crippen LogP contribution in [0.4, 0.5) is 5.69 Å². The summed E-state index contributed by atoms with van der Waals surface area (Å²) in [5.74, 6) is 0.0759. The van der Waals surface area contributed by atoms with Gasteiger partial charge in [-0.3, -0.25) is 4.79 Å². The third-order valence-corrected chi connectivity index (χ3v) is 4.31. The summed E-state index contributed by atoms with van der Waals surface area (Å²) < 4.78 is 1.01. The minimum absolute atomic E-state index is 0.0759. The molecule has 0 heterocycles. The molecule has 3 N–H and O–H groups in total. The standard InChI is InChI=1S/C14H19BrN2O/c15-11-4-6-12(7-5-11)17-13(18)14(10-16)8-2-1-3-9-14/h4-7H,1-3,8-10,16H2,(H,17,18). The van der Waals surface area contributed by atoms with Crippen molar-refractivity contribution in [2.45, 2.75) is 32.1 Å². The Kier molecular flexibility index (Phi) is 4.40. The molecule has 0 spiro atoms. The maximum absolute atomic E-state index is 12.4. The number of nitrogens with one attached hydrogen (secondary N) is 1. The Morgan fingerprint density at radius 1 is 1.22 bits per heavy atom. The van der Waals surface area contributed by atoms with Gasteiger partial charge in [0.1, 0.15) is 0 Å². The van der Waals surface area contributed by atoms with E-state index in [1.54, 1.807) is 0 Å². The number of halogens is 1. The summed E-state index contributed by atoms with van der Waals surface area (Å²) in [5, 5.41) is 2.99. The van der Waals surface area contributed by atoms with E-state index < -0.39 is 0 Å². The van der Waals surface area contributed by atoms with Gasteiger partial charge in [-0.15, -0.1) is 0 Å². The molecule has 0 unspecified atom stereocenters. The quantitative estimate of drug-likeness (QED) is 0.900. The van der Waals surface area contributed by atoms with Gasteiger partial charge in [0.15, 0.2) is 0 Å². The van der Waals surface area contributed by atoms with Crippen LogP contribution in [0.1, 0.15) is 32.1 Å². The van der Waals surface area contributed by atoms with Gasteiger partial charge in [0, 0.05) is 16.7 Å². The number of carbonyl (C=O) groups is 1. The van der Waals surface area contributed by atoms with Crippen LogP contribution < -0.4 is 11.1 Å². The average Bonchev–Trinajstić information content (AvgIpc) is 2.42.